The van der Waals surface area contributed by atoms with Gasteiger partial charge >= 0.3 is 0 Å². The van der Waals surface area contributed by atoms with E-state index in [1.165, 1.54) is 6.07 Å². The number of benzene rings is 1. The first-order valence-corrected chi connectivity index (χ1v) is 7.04. The van der Waals surface area contributed by atoms with Crippen LogP contribution in [0.15, 0.2) is 16.6 Å². The molecule has 2 rings (SSSR count). The molecule has 1 aliphatic rings. The van der Waals surface area contributed by atoms with Crippen LogP contribution in [0.3, 0.4) is 0 Å². The molecule has 0 spiro atoms. The normalized spacial score (nSPS) is 16.6. The summed E-state index contributed by atoms with van der Waals surface area (Å²) in [6, 6.07) is 2.43. The predicted molar refractivity (Wildman–Crippen MR) is 71.4 cm³/mol. The van der Waals surface area contributed by atoms with Crippen molar-refractivity contribution in [3.05, 3.63) is 28.2 Å². The Labute approximate surface area is 119 Å². The van der Waals surface area contributed by atoms with Crippen LogP contribution < -0.4 is 10.1 Å². The minimum atomic E-state index is -0.696. The Kier molecular flexibility index (Phi) is 5.54. The smallest absolute Gasteiger partial charge is 0.169 e. The van der Waals surface area contributed by atoms with Crippen LogP contribution in [0.4, 0.5) is 8.78 Å². The van der Waals surface area contributed by atoms with Crippen LogP contribution in [0.2, 0.25) is 0 Å². The molecular formula is C13H16BrF2NO2. The van der Waals surface area contributed by atoms with Gasteiger partial charge in [-0.15, -0.1) is 0 Å². The molecule has 1 aliphatic heterocycles. The highest BCUT2D eigenvalue weighted by atomic mass is 79.9. The highest BCUT2D eigenvalue weighted by molar-refractivity contribution is 9.10. The standard InChI is InChI=1S/C13H16BrF2NO2/c14-11-7-9(15)8-12(16)13(11)19-6-3-17-10-1-4-18-5-2-10/h7-8,10,17H,1-6H2. The number of ether oxygens (including phenoxy) is 2. The molecule has 6 heteroatoms. The van der Waals surface area contributed by atoms with Gasteiger partial charge in [0.25, 0.3) is 0 Å². The Hall–Kier alpha value is -0.720. The van der Waals surface area contributed by atoms with Crippen molar-refractivity contribution in [3.8, 4) is 5.75 Å². The van der Waals surface area contributed by atoms with Gasteiger partial charge in [-0.3, -0.25) is 0 Å². The summed E-state index contributed by atoms with van der Waals surface area (Å²) in [6.07, 6.45) is 1.96. The zero-order valence-electron chi connectivity index (χ0n) is 10.4. The summed E-state index contributed by atoms with van der Waals surface area (Å²) in [5.74, 6) is -1.27. The fourth-order valence-corrected chi connectivity index (χ4v) is 2.51. The summed E-state index contributed by atoms with van der Waals surface area (Å²) in [7, 11) is 0. The molecule has 1 saturated heterocycles. The number of rotatable bonds is 5. The van der Waals surface area contributed by atoms with E-state index in [-0.39, 0.29) is 10.2 Å². The van der Waals surface area contributed by atoms with E-state index >= 15 is 0 Å². The fourth-order valence-electron chi connectivity index (χ4n) is 1.98. The summed E-state index contributed by atoms with van der Waals surface area (Å²) in [6.45, 7) is 2.50. The molecule has 1 N–H and O–H groups in total. The number of hydrogen-bond acceptors (Lipinski definition) is 3. The van der Waals surface area contributed by atoms with Crippen LogP contribution in [-0.4, -0.2) is 32.4 Å². The lowest BCUT2D eigenvalue weighted by Gasteiger charge is -2.23. The molecule has 1 aromatic carbocycles. The van der Waals surface area contributed by atoms with Crippen LogP contribution in [0, 0.1) is 11.6 Å². The molecule has 0 saturated carbocycles. The molecule has 0 aromatic heterocycles. The van der Waals surface area contributed by atoms with Gasteiger partial charge in [-0.25, -0.2) is 8.78 Å². The maximum atomic E-state index is 13.5. The molecule has 0 unspecified atom stereocenters. The lowest BCUT2D eigenvalue weighted by molar-refractivity contribution is 0.0770. The molecule has 1 aromatic rings. The summed E-state index contributed by atoms with van der Waals surface area (Å²) in [5.41, 5.74) is 0. The molecule has 1 heterocycles. The van der Waals surface area contributed by atoms with Gasteiger partial charge in [0.1, 0.15) is 12.4 Å². The first-order chi connectivity index (χ1) is 9.16. The van der Waals surface area contributed by atoms with Crippen molar-refractivity contribution < 1.29 is 18.3 Å². The first kappa shape index (κ1) is 14.7. The average Bonchev–Trinajstić information content (AvgIpc) is 2.38. The third kappa shape index (κ3) is 4.40. The molecule has 0 atom stereocenters. The maximum absolute atomic E-state index is 13.5. The third-order valence-electron chi connectivity index (χ3n) is 2.97. The van der Waals surface area contributed by atoms with E-state index in [0.717, 1.165) is 32.1 Å². The zero-order valence-corrected chi connectivity index (χ0v) is 12.0. The lowest BCUT2D eigenvalue weighted by Crippen LogP contribution is -2.37. The predicted octanol–water partition coefficient (Wildman–Crippen LogP) is 2.87. The first-order valence-electron chi connectivity index (χ1n) is 6.25. The third-order valence-corrected chi connectivity index (χ3v) is 3.55. The number of nitrogens with one attached hydrogen (secondary N) is 1. The second-order valence-corrected chi connectivity index (χ2v) is 5.24. The van der Waals surface area contributed by atoms with Crippen LogP contribution in [0.5, 0.6) is 5.75 Å². The van der Waals surface area contributed by atoms with Gasteiger partial charge in [0, 0.05) is 31.9 Å². The highest BCUT2D eigenvalue weighted by Crippen LogP contribution is 2.29. The summed E-state index contributed by atoms with van der Waals surface area (Å²) in [5, 5.41) is 3.33. The van der Waals surface area contributed by atoms with E-state index in [2.05, 4.69) is 21.2 Å². The monoisotopic (exact) mass is 335 g/mol. The average molecular weight is 336 g/mol. The molecule has 0 aliphatic carbocycles. The van der Waals surface area contributed by atoms with Crippen molar-refractivity contribution in [2.24, 2.45) is 0 Å². The fraction of sp³-hybridized carbons (Fsp3) is 0.538. The molecule has 0 bridgehead atoms. The van der Waals surface area contributed by atoms with Crippen molar-refractivity contribution in [1.29, 1.82) is 0 Å². The topological polar surface area (TPSA) is 30.5 Å². The van der Waals surface area contributed by atoms with E-state index in [1.54, 1.807) is 0 Å². The van der Waals surface area contributed by atoms with E-state index in [0.29, 0.717) is 19.2 Å². The molecule has 19 heavy (non-hydrogen) atoms. The van der Waals surface area contributed by atoms with Gasteiger partial charge in [0.05, 0.1) is 4.47 Å². The second-order valence-electron chi connectivity index (χ2n) is 4.39. The summed E-state index contributed by atoms with van der Waals surface area (Å²) in [4.78, 5) is 0. The van der Waals surface area contributed by atoms with E-state index in [1.807, 2.05) is 0 Å². The van der Waals surface area contributed by atoms with E-state index in [4.69, 9.17) is 9.47 Å². The largest absolute Gasteiger partial charge is 0.488 e. The molecule has 106 valence electrons. The van der Waals surface area contributed by atoms with E-state index < -0.39 is 11.6 Å². The van der Waals surface area contributed by atoms with Gasteiger partial charge in [0.2, 0.25) is 0 Å². The van der Waals surface area contributed by atoms with Gasteiger partial charge < -0.3 is 14.8 Å². The Morgan fingerprint density at radius 3 is 2.74 bits per heavy atom. The SMILES string of the molecule is Fc1cc(F)c(OCCNC2CCOCC2)c(Br)c1. The number of hydrogen-bond donors (Lipinski definition) is 1. The van der Waals surface area contributed by atoms with Crippen molar-refractivity contribution in [1.82, 2.24) is 5.32 Å². The zero-order chi connectivity index (χ0) is 13.7. The maximum Gasteiger partial charge on any atom is 0.169 e. The lowest BCUT2D eigenvalue weighted by atomic mass is 10.1. The Balaban J connectivity index is 1.76. The van der Waals surface area contributed by atoms with Gasteiger partial charge in [0.15, 0.2) is 11.6 Å². The number of halogens is 3. The highest BCUT2D eigenvalue weighted by Gasteiger charge is 2.13. The van der Waals surface area contributed by atoms with Crippen LogP contribution >= 0.6 is 15.9 Å². The second kappa shape index (κ2) is 7.17. The van der Waals surface area contributed by atoms with Gasteiger partial charge in [-0.1, -0.05) is 0 Å². The van der Waals surface area contributed by atoms with Crippen LogP contribution in [0.1, 0.15) is 12.8 Å². The minimum Gasteiger partial charge on any atom is -0.488 e. The van der Waals surface area contributed by atoms with Gasteiger partial charge in [-0.05, 0) is 34.8 Å². The Morgan fingerprint density at radius 1 is 1.32 bits per heavy atom. The molecule has 0 amide bonds. The quantitative estimate of drug-likeness (QED) is 0.839. The summed E-state index contributed by atoms with van der Waals surface area (Å²) < 4.78 is 37.2. The summed E-state index contributed by atoms with van der Waals surface area (Å²) >= 11 is 3.08. The van der Waals surface area contributed by atoms with Crippen molar-refractivity contribution in [2.45, 2.75) is 18.9 Å². The van der Waals surface area contributed by atoms with E-state index in [9.17, 15) is 8.78 Å². The Bertz CT molecular complexity index is 402. The van der Waals surface area contributed by atoms with Crippen LogP contribution in [0.25, 0.3) is 0 Å². The molecular weight excluding hydrogens is 320 g/mol. The van der Waals surface area contributed by atoms with Gasteiger partial charge in [-0.2, -0.15) is 0 Å². The van der Waals surface area contributed by atoms with Crippen molar-refractivity contribution >= 4 is 15.9 Å². The van der Waals surface area contributed by atoms with Crippen LogP contribution in [-0.2, 0) is 4.74 Å². The Morgan fingerprint density at radius 2 is 2.05 bits per heavy atom. The molecule has 1 fully saturated rings. The molecule has 0 radical (unpaired) electrons. The van der Waals surface area contributed by atoms with Crippen molar-refractivity contribution in [2.75, 3.05) is 26.4 Å². The van der Waals surface area contributed by atoms with Crippen molar-refractivity contribution in [3.63, 3.8) is 0 Å². The molecule has 3 nitrogen and oxygen atoms in total. The minimum absolute atomic E-state index is 0.0511.